The van der Waals surface area contributed by atoms with Gasteiger partial charge in [-0.1, -0.05) is 76.1 Å². The maximum absolute atomic E-state index is 6.47. The Morgan fingerprint density at radius 3 is 2.50 bits per heavy atom. The summed E-state index contributed by atoms with van der Waals surface area (Å²) in [5.74, 6) is 0.902. The first kappa shape index (κ1) is 18.0. The lowest BCUT2D eigenvalue weighted by Crippen LogP contribution is -2.33. The lowest BCUT2D eigenvalue weighted by Gasteiger charge is -2.38. The van der Waals surface area contributed by atoms with Crippen LogP contribution in [0.4, 0.5) is 0 Å². The summed E-state index contributed by atoms with van der Waals surface area (Å²) in [6, 6.07) is 23.2. The highest BCUT2D eigenvalue weighted by molar-refractivity contribution is 9.11. The first-order valence-electron chi connectivity index (χ1n) is 9.23. The van der Waals surface area contributed by atoms with E-state index in [0.717, 1.165) is 38.0 Å². The predicted octanol–water partition coefficient (Wildman–Crippen LogP) is 6.76. The van der Waals surface area contributed by atoms with Crippen LogP contribution in [0.1, 0.15) is 40.9 Å². The van der Waals surface area contributed by atoms with Crippen molar-refractivity contribution in [2.45, 2.75) is 25.6 Å². The minimum Gasteiger partial charge on any atom is -0.463 e. The third-order valence-corrected chi connectivity index (χ3v) is 6.32. The average Bonchev–Trinajstić information content (AvgIpc) is 3.14. The number of aryl methyl sites for hydroxylation is 1. The Morgan fingerprint density at radius 1 is 1.00 bits per heavy atom. The van der Waals surface area contributed by atoms with Gasteiger partial charge in [-0.05, 0) is 40.5 Å². The third kappa shape index (κ3) is 3.07. The molecular weight excluding hydrogens is 480 g/mol. The molecule has 2 heterocycles. The maximum Gasteiger partial charge on any atom is 0.213 e. The highest BCUT2D eigenvalue weighted by Gasteiger charge is 2.41. The molecule has 0 unspecified atom stereocenters. The Kier molecular flexibility index (Phi) is 4.52. The van der Waals surface area contributed by atoms with Crippen molar-refractivity contribution in [2.24, 2.45) is 5.10 Å². The first-order chi connectivity index (χ1) is 13.6. The van der Waals surface area contributed by atoms with E-state index >= 15 is 0 Å². The summed E-state index contributed by atoms with van der Waals surface area (Å²) in [5.41, 5.74) is 5.77. The molecule has 2 atom stereocenters. The van der Waals surface area contributed by atoms with E-state index in [1.165, 1.54) is 11.1 Å². The monoisotopic (exact) mass is 496 g/mol. The SMILES string of the molecule is Cc1ccc(C2=NN3[C@H](C2)c2cc(Br)cc(Br)c2O[C@@H]3c2ccccc2)cc1. The predicted molar refractivity (Wildman–Crippen MR) is 119 cm³/mol. The smallest absolute Gasteiger partial charge is 0.213 e. The molecule has 0 saturated heterocycles. The van der Waals surface area contributed by atoms with Gasteiger partial charge < -0.3 is 4.74 Å². The highest BCUT2D eigenvalue weighted by atomic mass is 79.9. The first-order valence-corrected chi connectivity index (χ1v) is 10.8. The third-order valence-electron chi connectivity index (χ3n) is 5.28. The van der Waals surface area contributed by atoms with Crippen LogP contribution in [0.25, 0.3) is 0 Å². The van der Waals surface area contributed by atoms with Gasteiger partial charge in [0.1, 0.15) is 5.75 Å². The van der Waals surface area contributed by atoms with Crippen molar-refractivity contribution in [2.75, 3.05) is 0 Å². The number of halogens is 2. The number of fused-ring (bicyclic) bond motifs is 3. The summed E-state index contributed by atoms with van der Waals surface area (Å²) in [5, 5.41) is 7.14. The van der Waals surface area contributed by atoms with Crippen LogP contribution in [0.15, 0.2) is 80.8 Å². The zero-order valence-electron chi connectivity index (χ0n) is 15.3. The molecule has 5 rings (SSSR count). The fourth-order valence-electron chi connectivity index (χ4n) is 3.87. The van der Waals surface area contributed by atoms with E-state index in [2.05, 4.69) is 86.3 Å². The number of nitrogens with zero attached hydrogens (tertiary/aromatic N) is 2. The van der Waals surface area contributed by atoms with Gasteiger partial charge in [-0.25, -0.2) is 5.01 Å². The van der Waals surface area contributed by atoms with E-state index in [4.69, 9.17) is 9.84 Å². The van der Waals surface area contributed by atoms with Crippen LogP contribution in [-0.2, 0) is 0 Å². The molecule has 0 aliphatic carbocycles. The van der Waals surface area contributed by atoms with Gasteiger partial charge >= 0.3 is 0 Å². The highest BCUT2D eigenvalue weighted by Crippen LogP contribution is 2.50. The minimum absolute atomic E-state index is 0.138. The van der Waals surface area contributed by atoms with Crippen LogP contribution >= 0.6 is 31.9 Å². The second-order valence-electron chi connectivity index (χ2n) is 7.20. The van der Waals surface area contributed by atoms with Crippen LogP contribution in [0.5, 0.6) is 5.75 Å². The van der Waals surface area contributed by atoms with Crippen LogP contribution < -0.4 is 4.74 Å². The van der Waals surface area contributed by atoms with Crippen LogP contribution in [0.3, 0.4) is 0 Å². The topological polar surface area (TPSA) is 24.8 Å². The van der Waals surface area contributed by atoms with Gasteiger partial charge in [-0.2, -0.15) is 5.10 Å². The summed E-state index contributed by atoms with van der Waals surface area (Å²) in [6.07, 6.45) is 0.602. The molecule has 0 fully saturated rings. The summed E-state index contributed by atoms with van der Waals surface area (Å²) < 4.78 is 8.46. The maximum atomic E-state index is 6.47. The van der Waals surface area contributed by atoms with E-state index in [0.29, 0.717) is 0 Å². The molecule has 0 saturated carbocycles. The quantitative estimate of drug-likeness (QED) is 0.390. The minimum atomic E-state index is -0.251. The Bertz CT molecular complexity index is 1060. The summed E-state index contributed by atoms with van der Waals surface area (Å²) in [6.45, 7) is 2.11. The Morgan fingerprint density at radius 2 is 1.75 bits per heavy atom. The number of benzene rings is 3. The molecule has 5 heteroatoms. The van der Waals surface area contributed by atoms with E-state index in [-0.39, 0.29) is 12.3 Å². The zero-order valence-corrected chi connectivity index (χ0v) is 18.4. The zero-order chi connectivity index (χ0) is 19.3. The lowest BCUT2D eigenvalue weighted by atomic mass is 9.95. The average molecular weight is 498 g/mol. The van der Waals surface area contributed by atoms with Crippen LogP contribution in [0.2, 0.25) is 0 Å². The van der Waals surface area contributed by atoms with Crippen molar-refractivity contribution in [3.63, 3.8) is 0 Å². The number of hydrazone groups is 1. The van der Waals surface area contributed by atoms with Crippen molar-refractivity contribution in [1.82, 2.24) is 5.01 Å². The second kappa shape index (κ2) is 7.05. The van der Waals surface area contributed by atoms with Gasteiger partial charge in [-0.3, -0.25) is 0 Å². The van der Waals surface area contributed by atoms with Crippen LogP contribution in [0, 0.1) is 6.92 Å². The molecule has 28 heavy (non-hydrogen) atoms. The molecular formula is C23H18Br2N2O. The number of ether oxygens (including phenoxy) is 1. The fourth-order valence-corrected chi connectivity index (χ4v) is 5.22. The normalized spacial score (nSPS) is 20.2. The van der Waals surface area contributed by atoms with Crippen molar-refractivity contribution >= 4 is 37.6 Å². The molecule has 0 spiro atoms. The molecule has 0 amide bonds. The van der Waals surface area contributed by atoms with E-state index in [1.807, 2.05) is 24.3 Å². The Balaban J connectivity index is 1.63. The molecule has 140 valence electrons. The van der Waals surface area contributed by atoms with Gasteiger partial charge in [0.05, 0.1) is 16.2 Å². The number of hydrogen-bond acceptors (Lipinski definition) is 3. The van der Waals surface area contributed by atoms with Crippen molar-refractivity contribution in [1.29, 1.82) is 0 Å². The van der Waals surface area contributed by atoms with Gasteiger partial charge in [0.25, 0.3) is 0 Å². The number of hydrogen-bond donors (Lipinski definition) is 0. The molecule has 0 bridgehead atoms. The lowest BCUT2D eigenvalue weighted by molar-refractivity contribution is -0.0197. The number of rotatable bonds is 2. The fraction of sp³-hybridized carbons (Fsp3) is 0.174. The molecule has 3 aromatic rings. The molecule has 0 aromatic heterocycles. The summed E-state index contributed by atoms with van der Waals surface area (Å²) >= 11 is 7.31. The van der Waals surface area contributed by atoms with E-state index < -0.39 is 0 Å². The largest absolute Gasteiger partial charge is 0.463 e. The summed E-state index contributed by atoms with van der Waals surface area (Å²) in [7, 11) is 0. The molecule has 2 aliphatic heterocycles. The van der Waals surface area contributed by atoms with Gasteiger partial charge in [0.2, 0.25) is 6.23 Å². The van der Waals surface area contributed by atoms with Crippen molar-refractivity contribution < 1.29 is 4.74 Å². The van der Waals surface area contributed by atoms with Gasteiger partial charge in [0, 0.05) is 22.0 Å². The molecule has 3 nitrogen and oxygen atoms in total. The van der Waals surface area contributed by atoms with Crippen molar-refractivity contribution in [3.8, 4) is 5.75 Å². The Labute approximate surface area is 181 Å². The summed E-state index contributed by atoms with van der Waals surface area (Å²) in [4.78, 5) is 0. The molecule has 0 radical (unpaired) electrons. The van der Waals surface area contributed by atoms with Gasteiger partial charge in [0.15, 0.2) is 0 Å². The molecule has 3 aromatic carbocycles. The van der Waals surface area contributed by atoms with Crippen LogP contribution in [-0.4, -0.2) is 10.7 Å². The molecule has 0 N–H and O–H groups in total. The van der Waals surface area contributed by atoms with Gasteiger partial charge in [-0.15, -0.1) is 0 Å². The molecule has 2 aliphatic rings. The van der Waals surface area contributed by atoms with E-state index in [9.17, 15) is 0 Å². The Hall–Kier alpha value is -2.11. The van der Waals surface area contributed by atoms with E-state index in [1.54, 1.807) is 0 Å². The van der Waals surface area contributed by atoms with Crippen molar-refractivity contribution in [3.05, 3.63) is 97.9 Å². The second-order valence-corrected chi connectivity index (χ2v) is 8.97. The standard InChI is InChI=1S/C23H18Br2N2O/c1-14-7-9-15(10-8-14)20-13-21-18-11-17(24)12-19(25)22(18)28-23(27(21)26-20)16-5-3-2-4-6-16/h2-12,21,23H,13H2,1H3/t21-,23-/m1/s1.